The maximum absolute atomic E-state index is 2.29. The number of hydrogen-bond donors (Lipinski definition) is 0. The third-order valence-corrected chi connectivity index (χ3v) is 12.5. The van der Waals surface area contributed by atoms with Crippen LogP contribution in [0.1, 0.15) is 0 Å². The number of benzene rings is 3. The van der Waals surface area contributed by atoms with Gasteiger partial charge in [0, 0.05) is 0 Å². The molecule has 0 saturated carbocycles. The van der Waals surface area contributed by atoms with Gasteiger partial charge in [0.1, 0.15) is 0 Å². The molecule has 0 radical (unpaired) electrons. The van der Waals surface area contributed by atoms with Gasteiger partial charge in [-0.25, -0.2) is 0 Å². The van der Waals surface area contributed by atoms with Gasteiger partial charge in [0.25, 0.3) is 0 Å². The Kier molecular flexibility index (Phi) is 7.24. The summed E-state index contributed by atoms with van der Waals surface area (Å²) in [5.74, 6) is 0. The van der Waals surface area contributed by atoms with Crippen molar-refractivity contribution in [3.8, 4) is 0 Å². The van der Waals surface area contributed by atoms with E-state index in [1.165, 1.54) is 9.81 Å². The molecule has 0 saturated heterocycles. The third-order valence-electron chi connectivity index (χ3n) is 3.04. The van der Waals surface area contributed by atoms with Gasteiger partial charge in [-0.15, -0.1) is 0 Å². The summed E-state index contributed by atoms with van der Waals surface area (Å²) in [6, 6.07) is 33.0. The van der Waals surface area contributed by atoms with Crippen LogP contribution in [0.25, 0.3) is 0 Å². The third kappa shape index (κ3) is 4.21. The van der Waals surface area contributed by atoms with Gasteiger partial charge in [0.05, 0.1) is 0 Å². The van der Waals surface area contributed by atoms with Gasteiger partial charge < -0.3 is 11.0 Å². The predicted molar refractivity (Wildman–Crippen MR) is 87.9 cm³/mol. The van der Waals surface area contributed by atoms with E-state index in [1.54, 1.807) is 0 Å². The van der Waals surface area contributed by atoms with Crippen molar-refractivity contribution in [1.29, 1.82) is 0 Å². The molecule has 0 bridgehead atoms. The van der Waals surface area contributed by atoms with E-state index in [0.717, 1.165) is 0 Å². The molecule has 21 heavy (non-hydrogen) atoms. The van der Waals surface area contributed by atoms with Crippen molar-refractivity contribution in [3.05, 3.63) is 91.0 Å². The number of rotatable bonds is 3. The molecule has 3 heteroatoms. The molecule has 0 amide bonds. The van der Waals surface area contributed by atoms with Crippen molar-refractivity contribution in [2.24, 2.45) is 0 Å². The quantitative estimate of drug-likeness (QED) is 0.545. The van der Waals surface area contributed by atoms with Gasteiger partial charge in [-0.05, 0) is 0 Å². The van der Waals surface area contributed by atoms with Crippen molar-refractivity contribution in [1.82, 2.24) is 0 Å². The molecule has 3 aromatic rings. The van der Waals surface area contributed by atoms with Crippen LogP contribution in [0.5, 0.6) is 0 Å². The summed E-state index contributed by atoms with van der Waals surface area (Å²) in [5.41, 5.74) is 0. The topological polar surface area (TPSA) is 60.0 Å². The molecule has 0 aliphatic heterocycles. The fourth-order valence-electron chi connectivity index (χ4n) is 2.18. The van der Waals surface area contributed by atoms with Crippen LogP contribution in [0.2, 0.25) is 0 Å². The molecule has 0 aliphatic carbocycles. The predicted octanol–water partition coefficient (Wildman–Crippen LogP) is 1.85. The molecule has 0 unspecified atom stereocenters. The second-order valence-corrected chi connectivity index (χ2v) is 13.0. The standard InChI is InChI=1S/3C6H5.Bi.2H2O/c3*1-2-4-6-5-3-1;;;/h3*1-5H;;2*1H2/p-2. The average Bonchev–Trinajstić information content (AvgIpc) is 2.51. The Morgan fingerprint density at radius 3 is 0.857 bits per heavy atom. The molecular formula is C18H17BiO2-2. The first kappa shape index (κ1) is 17.5. The SMILES string of the molecule is [OH-].[OH-].c1cc[c]([Bi]([c]2ccccc2)[c]2ccccc2)cc1. The van der Waals surface area contributed by atoms with Crippen LogP contribution in [0.4, 0.5) is 0 Å². The summed E-state index contributed by atoms with van der Waals surface area (Å²) in [7, 11) is 0. The van der Waals surface area contributed by atoms with E-state index in [9.17, 15) is 0 Å². The molecule has 3 rings (SSSR count). The molecule has 108 valence electrons. The van der Waals surface area contributed by atoms with Crippen LogP contribution >= 0.6 is 0 Å². The van der Waals surface area contributed by atoms with Gasteiger partial charge in [-0.3, -0.25) is 0 Å². The molecule has 0 aromatic heterocycles. The summed E-state index contributed by atoms with van der Waals surface area (Å²) in [6.07, 6.45) is 0. The van der Waals surface area contributed by atoms with E-state index in [-0.39, 0.29) is 11.0 Å². The van der Waals surface area contributed by atoms with Crippen LogP contribution in [-0.2, 0) is 0 Å². The van der Waals surface area contributed by atoms with Gasteiger partial charge in [0.15, 0.2) is 0 Å². The minimum atomic E-state index is -2.06. The van der Waals surface area contributed by atoms with Crippen molar-refractivity contribution in [2.45, 2.75) is 0 Å². The maximum atomic E-state index is 2.29. The first-order valence-corrected chi connectivity index (χ1v) is 11.6. The second-order valence-electron chi connectivity index (χ2n) is 4.34. The van der Waals surface area contributed by atoms with E-state index in [0.29, 0.717) is 0 Å². The number of hydrogen-bond acceptors (Lipinski definition) is 2. The first-order valence-electron chi connectivity index (χ1n) is 6.40. The zero-order valence-corrected chi connectivity index (χ0v) is 15.0. The summed E-state index contributed by atoms with van der Waals surface area (Å²) in [5, 5.41) is 0. The van der Waals surface area contributed by atoms with E-state index >= 15 is 0 Å². The molecule has 3 aromatic carbocycles. The van der Waals surface area contributed by atoms with E-state index in [2.05, 4.69) is 91.0 Å². The molecule has 0 atom stereocenters. The summed E-state index contributed by atoms with van der Waals surface area (Å²) in [4.78, 5) is 0. The van der Waals surface area contributed by atoms with Crippen molar-refractivity contribution >= 4 is 31.6 Å². The Hall–Kier alpha value is -1.54. The monoisotopic (exact) mass is 474 g/mol. The zero-order chi connectivity index (χ0) is 12.9. The van der Waals surface area contributed by atoms with Crippen LogP contribution < -0.4 is 9.81 Å². The fraction of sp³-hybridized carbons (Fsp3) is 0. The van der Waals surface area contributed by atoms with Crippen LogP contribution in [0, 0.1) is 0 Å². The van der Waals surface area contributed by atoms with Crippen LogP contribution in [0.15, 0.2) is 91.0 Å². The molecule has 0 aliphatic rings. The normalized spacial score (nSPS) is 9.57. The Morgan fingerprint density at radius 1 is 0.381 bits per heavy atom. The Bertz CT molecular complexity index is 533. The average molecular weight is 474 g/mol. The first-order chi connectivity index (χ1) is 9.45. The van der Waals surface area contributed by atoms with E-state index in [4.69, 9.17) is 0 Å². The van der Waals surface area contributed by atoms with Gasteiger partial charge in [-0.1, -0.05) is 0 Å². The molecule has 2 nitrogen and oxygen atoms in total. The van der Waals surface area contributed by atoms with Crippen molar-refractivity contribution < 1.29 is 11.0 Å². The fourth-order valence-corrected chi connectivity index (χ4v) is 11.1. The van der Waals surface area contributed by atoms with E-state index in [1.807, 2.05) is 0 Å². The Morgan fingerprint density at radius 2 is 0.619 bits per heavy atom. The molecule has 0 fully saturated rings. The zero-order valence-electron chi connectivity index (χ0n) is 11.5. The molecule has 2 N–H and O–H groups in total. The van der Waals surface area contributed by atoms with Gasteiger partial charge in [0.2, 0.25) is 0 Å². The van der Waals surface area contributed by atoms with Crippen LogP contribution in [0.3, 0.4) is 0 Å². The van der Waals surface area contributed by atoms with Crippen LogP contribution in [-0.4, -0.2) is 32.7 Å². The summed E-state index contributed by atoms with van der Waals surface area (Å²) in [6.45, 7) is 0. The van der Waals surface area contributed by atoms with E-state index < -0.39 is 21.8 Å². The Labute approximate surface area is 133 Å². The molecule has 0 heterocycles. The van der Waals surface area contributed by atoms with Gasteiger partial charge >= 0.3 is 123 Å². The van der Waals surface area contributed by atoms with Gasteiger partial charge in [-0.2, -0.15) is 0 Å². The van der Waals surface area contributed by atoms with Crippen molar-refractivity contribution in [3.63, 3.8) is 0 Å². The molecular weight excluding hydrogens is 457 g/mol. The minimum absolute atomic E-state index is 0. The Balaban J connectivity index is 0.00000110. The summed E-state index contributed by atoms with van der Waals surface area (Å²) < 4.78 is 4.61. The second kappa shape index (κ2) is 8.68. The molecule has 0 spiro atoms. The summed E-state index contributed by atoms with van der Waals surface area (Å²) >= 11 is -2.06. The van der Waals surface area contributed by atoms with Crippen molar-refractivity contribution in [2.75, 3.05) is 0 Å².